The normalized spacial score (nSPS) is 16.9. The summed E-state index contributed by atoms with van der Waals surface area (Å²) >= 11 is 0. The monoisotopic (exact) mass is 373 g/mol. The molecule has 2 aromatic heterocycles. The lowest BCUT2D eigenvalue weighted by atomic mass is 9.99. The molecule has 3 heterocycles. The molecule has 1 N–H and O–H groups in total. The van der Waals surface area contributed by atoms with Crippen LogP contribution in [0.4, 0.5) is 0 Å². The molecule has 27 heavy (non-hydrogen) atoms. The molecular formula is C20H31N5O2. The second kappa shape index (κ2) is 8.25. The van der Waals surface area contributed by atoms with E-state index in [1.165, 1.54) is 0 Å². The van der Waals surface area contributed by atoms with Crippen molar-refractivity contribution in [2.24, 2.45) is 7.05 Å². The van der Waals surface area contributed by atoms with Crippen LogP contribution in [-0.2, 0) is 18.3 Å². The van der Waals surface area contributed by atoms with Crippen molar-refractivity contribution in [3.05, 3.63) is 16.8 Å². The predicted octanol–water partition coefficient (Wildman–Crippen LogP) is 2.13. The number of nitrogens with one attached hydrogen (secondary N) is 1. The molecule has 2 aromatic rings. The van der Waals surface area contributed by atoms with E-state index < -0.39 is 0 Å². The highest BCUT2D eigenvalue weighted by atomic mass is 16.5. The molecule has 1 aliphatic heterocycles. The van der Waals surface area contributed by atoms with Crippen LogP contribution >= 0.6 is 0 Å². The van der Waals surface area contributed by atoms with Crippen LogP contribution in [0.3, 0.4) is 0 Å². The summed E-state index contributed by atoms with van der Waals surface area (Å²) in [6, 6.07) is 0.332. The number of pyridine rings is 1. The molecule has 0 saturated carbocycles. The van der Waals surface area contributed by atoms with E-state index in [4.69, 9.17) is 9.72 Å². The Labute approximate surface area is 161 Å². The Kier molecular flexibility index (Phi) is 5.99. The summed E-state index contributed by atoms with van der Waals surface area (Å²) in [5, 5.41) is 8.71. The molecule has 3 rings (SSSR count). The van der Waals surface area contributed by atoms with E-state index in [0.29, 0.717) is 24.8 Å². The van der Waals surface area contributed by atoms with Crippen molar-refractivity contribution >= 4 is 16.9 Å². The molecule has 0 radical (unpaired) electrons. The van der Waals surface area contributed by atoms with E-state index in [2.05, 4.69) is 29.2 Å². The summed E-state index contributed by atoms with van der Waals surface area (Å²) in [5.74, 6) is 0.831. The first-order valence-electron chi connectivity index (χ1n) is 9.84. The van der Waals surface area contributed by atoms with E-state index in [1.807, 2.05) is 14.0 Å². The second-order valence-electron chi connectivity index (χ2n) is 7.37. The smallest absolute Gasteiger partial charge is 0.242 e. The zero-order valence-electron chi connectivity index (χ0n) is 17.1. The van der Waals surface area contributed by atoms with Gasteiger partial charge in [0.2, 0.25) is 11.8 Å². The topological polar surface area (TPSA) is 72.3 Å². The summed E-state index contributed by atoms with van der Waals surface area (Å²) < 4.78 is 7.18. The van der Waals surface area contributed by atoms with Crippen molar-refractivity contribution in [1.29, 1.82) is 0 Å². The molecule has 0 bridgehead atoms. The minimum atomic E-state index is 0.239. The minimum Gasteiger partial charge on any atom is -0.479 e. The minimum absolute atomic E-state index is 0.239. The molecule has 1 fully saturated rings. The number of nitrogens with zero attached hydrogens (tertiary/aromatic N) is 4. The van der Waals surface area contributed by atoms with E-state index in [9.17, 15) is 4.79 Å². The van der Waals surface area contributed by atoms with Crippen molar-refractivity contribution in [2.45, 2.75) is 52.5 Å². The summed E-state index contributed by atoms with van der Waals surface area (Å²) in [6.45, 7) is 8.95. The molecule has 7 heteroatoms. The largest absolute Gasteiger partial charge is 0.479 e. The maximum Gasteiger partial charge on any atom is 0.242 e. The van der Waals surface area contributed by atoms with Gasteiger partial charge in [0.1, 0.15) is 0 Å². The number of hydrogen-bond donors (Lipinski definition) is 1. The standard InChI is InChI=1S/C20H31N5O2/c1-6-11-25(15-9-10-21-12-15)17(26)8-7-16-13(2)18-19(22-14(16)3)24(4)23-20(18)27-5/h15,21H,6-12H2,1-5H3. The summed E-state index contributed by atoms with van der Waals surface area (Å²) in [4.78, 5) is 19.7. The van der Waals surface area contributed by atoms with E-state index in [0.717, 1.165) is 60.3 Å². The lowest BCUT2D eigenvalue weighted by Gasteiger charge is -2.28. The summed E-state index contributed by atoms with van der Waals surface area (Å²) in [7, 11) is 3.50. The van der Waals surface area contributed by atoms with Crippen LogP contribution in [0.2, 0.25) is 0 Å². The van der Waals surface area contributed by atoms with Gasteiger partial charge in [0.15, 0.2) is 5.65 Å². The number of amides is 1. The van der Waals surface area contributed by atoms with Crippen LogP contribution in [0.25, 0.3) is 11.0 Å². The van der Waals surface area contributed by atoms with Gasteiger partial charge in [-0.05, 0) is 50.8 Å². The zero-order chi connectivity index (χ0) is 19.6. The van der Waals surface area contributed by atoms with Crippen LogP contribution in [-0.4, -0.2) is 58.4 Å². The SMILES string of the molecule is CCCN(C(=O)CCc1c(C)nc2c(c(OC)nn2C)c1C)C1CCNC1. The van der Waals surface area contributed by atoms with Crippen LogP contribution in [0.5, 0.6) is 5.88 Å². The first-order valence-corrected chi connectivity index (χ1v) is 9.84. The lowest BCUT2D eigenvalue weighted by molar-refractivity contribution is -0.133. The number of rotatable bonds is 7. The Morgan fingerprint density at radius 1 is 1.41 bits per heavy atom. The maximum atomic E-state index is 12.9. The highest BCUT2D eigenvalue weighted by molar-refractivity contribution is 5.86. The molecule has 0 aliphatic carbocycles. The first-order chi connectivity index (χ1) is 13.0. The van der Waals surface area contributed by atoms with Gasteiger partial charge in [0.05, 0.1) is 12.5 Å². The van der Waals surface area contributed by atoms with Crippen LogP contribution in [0.15, 0.2) is 0 Å². The molecule has 148 valence electrons. The number of methoxy groups -OCH3 is 1. The summed E-state index contributed by atoms with van der Waals surface area (Å²) in [5.41, 5.74) is 4.02. The Hall–Kier alpha value is -2.15. The molecule has 1 saturated heterocycles. The number of carbonyl (C=O) groups is 1. The molecule has 1 amide bonds. The van der Waals surface area contributed by atoms with Crippen LogP contribution < -0.4 is 10.1 Å². The van der Waals surface area contributed by atoms with Gasteiger partial charge in [0, 0.05) is 38.3 Å². The number of ether oxygens (including phenoxy) is 1. The average Bonchev–Trinajstić information content (AvgIpc) is 3.27. The Morgan fingerprint density at radius 2 is 2.19 bits per heavy atom. The number of fused-ring (bicyclic) bond motifs is 1. The highest BCUT2D eigenvalue weighted by Gasteiger charge is 2.26. The van der Waals surface area contributed by atoms with Gasteiger partial charge in [-0.1, -0.05) is 6.92 Å². The van der Waals surface area contributed by atoms with Crippen molar-refractivity contribution in [3.63, 3.8) is 0 Å². The van der Waals surface area contributed by atoms with Gasteiger partial charge in [-0.2, -0.15) is 0 Å². The molecule has 0 spiro atoms. The van der Waals surface area contributed by atoms with Gasteiger partial charge >= 0.3 is 0 Å². The van der Waals surface area contributed by atoms with Gasteiger partial charge in [-0.15, -0.1) is 5.10 Å². The van der Waals surface area contributed by atoms with Gasteiger partial charge in [0.25, 0.3) is 0 Å². The van der Waals surface area contributed by atoms with Gasteiger partial charge in [-0.25, -0.2) is 9.67 Å². The molecular weight excluding hydrogens is 342 g/mol. The molecule has 1 unspecified atom stereocenters. The van der Waals surface area contributed by atoms with Crippen molar-refractivity contribution in [1.82, 2.24) is 25.0 Å². The van der Waals surface area contributed by atoms with E-state index in [1.54, 1.807) is 11.8 Å². The van der Waals surface area contributed by atoms with Crippen molar-refractivity contribution < 1.29 is 9.53 Å². The first kappa shape index (κ1) is 19.6. The van der Waals surface area contributed by atoms with Crippen molar-refractivity contribution in [3.8, 4) is 5.88 Å². The third kappa shape index (κ3) is 3.78. The lowest BCUT2D eigenvalue weighted by Crippen LogP contribution is -2.42. The third-order valence-corrected chi connectivity index (χ3v) is 5.56. The number of carbonyl (C=O) groups excluding carboxylic acids is 1. The fraction of sp³-hybridized carbons (Fsp3) is 0.650. The van der Waals surface area contributed by atoms with E-state index in [-0.39, 0.29) is 5.91 Å². The van der Waals surface area contributed by atoms with E-state index >= 15 is 0 Å². The Morgan fingerprint density at radius 3 is 2.81 bits per heavy atom. The number of aromatic nitrogens is 3. The molecule has 1 aliphatic rings. The highest BCUT2D eigenvalue weighted by Crippen LogP contribution is 2.30. The van der Waals surface area contributed by atoms with Gasteiger partial charge < -0.3 is 15.0 Å². The molecule has 1 atom stereocenters. The number of aryl methyl sites for hydroxylation is 3. The van der Waals surface area contributed by atoms with Gasteiger partial charge in [-0.3, -0.25) is 4.79 Å². The van der Waals surface area contributed by atoms with Crippen LogP contribution in [0.1, 0.15) is 43.0 Å². The Bertz CT molecular complexity index is 824. The average molecular weight is 374 g/mol. The molecule has 0 aromatic carbocycles. The zero-order valence-corrected chi connectivity index (χ0v) is 17.1. The quantitative estimate of drug-likeness (QED) is 0.805. The fourth-order valence-electron chi connectivity index (χ4n) is 4.14. The fourth-order valence-corrected chi connectivity index (χ4v) is 4.14. The number of hydrogen-bond acceptors (Lipinski definition) is 5. The maximum absolute atomic E-state index is 12.9. The predicted molar refractivity (Wildman–Crippen MR) is 106 cm³/mol. The van der Waals surface area contributed by atoms with Crippen molar-refractivity contribution in [2.75, 3.05) is 26.7 Å². The Balaban J connectivity index is 1.82. The second-order valence-corrected chi connectivity index (χ2v) is 7.37. The third-order valence-electron chi connectivity index (χ3n) is 5.56. The molecule has 7 nitrogen and oxygen atoms in total. The summed E-state index contributed by atoms with van der Waals surface area (Å²) in [6.07, 6.45) is 3.23. The van der Waals surface area contributed by atoms with Crippen LogP contribution in [0, 0.1) is 13.8 Å².